The fourth-order valence-corrected chi connectivity index (χ4v) is 3.19. The predicted molar refractivity (Wildman–Crippen MR) is 98.0 cm³/mol. The van der Waals surface area contributed by atoms with Gasteiger partial charge >= 0.3 is 0 Å². The van der Waals surface area contributed by atoms with Crippen LogP contribution in [0.15, 0.2) is 36.7 Å². The molecule has 2 heterocycles. The number of benzene rings is 1. The number of hydrogen-bond acceptors (Lipinski definition) is 4. The summed E-state index contributed by atoms with van der Waals surface area (Å²) in [5.74, 6) is 2.08. The van der Waals surface area contributed by atoms with Gasteiger partial charge in [0.2, 0.25) is 11.9 Å². The number of hydrogen-bond donors (Lipinski definition) is 0. The third-order valence-electron chi connectivity index (χ3n) is 4.74. The number of imidazole rings is 1. The lowest BCUT2D eigenvalue weighted by Crippen LogP contribution is -2.49. The summed E-state index contributed by atoms with van der Waals surface area (Å²) in [5.41, 5.74) is 1.16. The normalized spacial score (nSPS) is 14.6. The van der Waals surface area contributed by atoms with Gasteiger partial charge in [-0.3, -0.25) is 4.79 Å². The number of nitrogens with zero attached hydrogens (tertiary/aromatic N) is 4. The third kappa shape index (κ3) is 4.13. The number of methoxy groups -OCH3 is 1. The van der Waals surface area contributed by atoms with E-state index in [1.54, 1.807) is 7.11 Å². The van der Waals surface area contributed by atoms with Gasteiger partial charge in [-0.15, -0.1) is 0 Å². The summed E-state index contributed by atoms with van der Waals surface area (Å²) in [6.07, 6.45) is 5.16. The molecular formula is C19H26N4O2. The van der Waals surface area contributed by atoms with Gasteiger partial charge in [0.05, 0.1) is 7.11 Å². The first-order valence-electron chi connectivity index (χ1n) is 8.88. The van der Waals surface area contributed by atoms with E-state index in [9.17, 15) is 4.79 Å². The minimum atomic E-state index is 0.231. The molecule has 0 bridgehead atoms. The maximum atomic E-state index is 12.5. The van der Waals surface area contributed by atoms with Crippen molar-refractivity contribution in [3.63, 3.8) is 0 Å². The molecular weight excluding hydrogens is 316 g/mol. The highest BCUT2D eigenvalue weighted by Gasteiger charge is 2.23. The SMILES string of the molecule is CCn1ccnc1N1CCN(C(=O)CCc2ccc(OC)cc2)CC1. The second kappa shape index (κ2) is 8.05. The lowest BCUT2D eigenvalue weighted by Gasteiger charge is -2.35. The van der Waals surface area contributed by atoms with Crippen LogP contribution in [0.5, 0.6) is 5.75 Å². The molecule has 6 heteroatoms. The molecule has 0 N–H and O–H groups in total. The van der Waals surface area contributed by atoms with E-state index in [0.717, 1.165) is 56.4 Å². The summed E-state index contributed by atoms with van der Waals surface area (Å²) in [5, 5.41) is 0. The average molecular weight is 342 g/mol. The van der Waals surface area contributed by atoms with Gasteiger partial charge < -0.3 is 19.1 Å². The van der Waals surface area contributed by atoms with E-state index in [1.807, 2.05) is 41.6 Å². The number of aryl methyl sites for hydroxylation is 2. The van der Waals surface area contributed by atoms with Crippen molar-refractivity contribution in [1.29, 1.82) is 0 Å². The summed E-state index contributed by atoms with van der Waals surface area (Å²) in [6.45, 7) is 6.23. The van der Waals surface area contributed by atoms with Crippen LogP contribution in [-0.4, -0.2) is 53.6 Å². The molecule has 1 aromatic carbocycles. The second-order valence-electron chi connectivity index (χ2n) is 6.23. The number of carbonyl (C=O) groups is 1. The Hall–Kier alpha value is -2.50. The Balaban J connectivity index is 1.48. The molecule has 0 atom stereocenters. The third-order valence-corrected chi connectivity index (χ3v) is 4.74. The zero-order chi connectivity index (χ0) is 17.6. The highest BCUT2D eigenvalue weighted by Crippen LogP contribution is 2.16. The number of ether oxygens (including phenoxy) is 1. The van der Waals surface area contributed by atoms with E-state index >= 15 is 0 Å². The van der Waals surface area contributed by atoms with Crippen LogP contribution in [0.3, 0.4) is 0 Å². The molecule has 0 aliphatic carbocycles. The van der Waals surface area contributed by atoms with Gasteiger partial charge in [-0.25, -0.2) is 4.98 Å². The van der Waals surface area contributed by atoms with Gasteiger partial charge in [0.25, 0.3) is 0 Å². The Morgan fingerprint density at radius 1 is 1.16 bits per heavy atom. The quantitative estimate of drug-likeness (QED) is 0.807. The van der Waals surface area contributed by atoms with Crippen molar-refractivity contribution in [2.45, 2.75) is 26.3 Å². The summed E-state index contributed by atoms with van der Waals surface area (Å²) < 4.78 is 7.30. The Morgan fingerprint density at radius 2 is 1.88 bits per heavy atom. The summed E-state index contributed by atoms with van der Waals surface area (Å²) in [4.78, 5) is 21.2. The first kappa shape index (κ1) is 17.3. The fraction of sp³-hybridized carbons (Fsp3) is 0.474. The van der Waals surface area contributed by atoms with Crippen molar-refractivity contribution in [3.05, 3.63) is 42.2 Å². The van der Waals surface area contributed by atoms with Crippen molar-refractivity contribution >= 4 is 11.9 Å². The zero-order valence-electron chi connectivity index (χ0n) is 15.0. The van der Waals surface area contributed by atoms with Gasteiger partial charge in [-0.05, 0) is 31.0 Å². The second-order valence-corrected chi connectivity index (χ2v) is 6.23. The summed E-state index contributed by atoms with van der Waals surface area (Å²) in [6, 6.07) is 7.92. The standard InChI is InChI=1S/C19H26N4O2/c1-3-21-11-10-20-19(21)23-14-12-22(13-15-23)18(24)9-6-16-4-7-17(25-2)8-5-16/h4-5,7-8,10-11H,3,6,9,12-15H2,1-2H3. The van der Waals surface area contributed by atoms with E-state index in [-0.39, 0.29) is 5.91 Å². The van der Waals surface area contributed by atoms with Crippen LogP contribution in [-0.2, 0) is 17.8 Å². The minimum absolute atomic E-state index is 0.231. The zero-order valence-corrected chi connectivity index (χ0v) is 15.0. The van der Waals surface area contributed by atoms with Crippen LogP contribution < -0.4 is 9.64 Å². The van der Waals surface area contributed by atoms with Crippen LogP contribution in [0.2, 0.25) is 0 Å². The molecule has 6 nitrogen and oxygen atoms in total. The number of piperazine rings is 1. The number of rotatable bonds is 6. The Labute approximate surface area is 149 Å². The van der Waals surface area contributed by atoms with Gasteiger partial charge in [0.1, 0.15) is 5.75 Å². The molecule has 0 spiro atoms. The van der Waals surface area contributed by atoms with Crippen LogP contribution in [0, 0.1) is 0 Å². The largest absolute Gasteiger partial charge is 0.497 e. The molecule has 1 aliphatic rings. The molecule has 3 rings (SSSR count). The molecule has 134 valence electrons. The molecule has 1 aliphatic heterocycles. The van der Waals surface area contributed by atoms with Crippen molar-refractivity contribution in [1.82, 2.24) is 14.5 Å². The van der Waals surface area contributed by atoms with Crippen LogP contribution in [0.25, 0.3) is 0 Å². The van der Waals surface area contributed by atoms with Crippen molar-refractivity contribution in [2.24, 2.45) is 0 Å². The minimum Gasteiger partial charge on any atom is -0.497 e. The first-order chi connectivity index (χ1) is 12.2. The van der Waals surface area contributed by atoms with E-state index in [1.165, 1.54) is 0 Å². The molecule has 1 saturated heterocycles. The van der Waals surface area contributed by atoms with E-state index in [4.69, 9.17) is 4.74 Å². The molecule has 1 amide bonds. The van der Waals surface area contributed by atoms with Gasteiger partial charge in [-0.1, -0.05) is 12.1 Å². The van der Waals surface area contributed by atoms with Gasteiger partial charge in [0, 0.05) is 51.5 Å². The van der Waals surface area contributed by atoms with Gasteiger partial charge in [0.15, 0.2) is 0 Å². The molecule has 0 unspecified atom stereocenters. The van der Waals surface area contributed by atoms with Crippen molar-refractivity contribution in [2.75, 3.05) is 38.2 Å². The average Bonchev–Trinajstić information content (AvgIpc) is 3.15. The molecule has 0 saturated carbocycles. The molecule has 2 aromatic rings. The summed E-state index contributed by atoms with van der Waals surface area (Å²) in [7, 11) is 1.66. The van der Waals surface area contributed by atoms with Crippen LogP contribution >= 0.6 is 0 Å². The number of aromatic nitrogens is 2. The van der Waals surface area contributed by atoms with Crippen molar-refractivity contribution < 1.29 is 9.53 Å². The van der Waals surface area contributed by atoms with Crippen LogP contribution in [0.1, 0.15) is 18.9 Å². The number of anilines is 1. The maximum absolute atomic E-state index is 12.5. The van der Waals surface area contributed by atoms with E-state index in [0.29, 0.717) is 6.42 Å². The smallest absolute Gasteiger partial charge is 0.223 e. The van der Waals surface area contributed by atoms with Crippen LogP contribution in [0.4, 0.5) is 5.95 Å². The molecule has 1 aromatic heterocycles. The maximum Gasteiger partial charge on any atom is 0.223 e. The van der Waals surface area contributed by atoms with Crippen molar-refractivity contribution in [3.8, 4) is 5.75 Å². The molecule has 25 heavy (non-hydrogen) atoms. The van der Waals surface area contributed by atoms with E-state index in [2.05, 4.69) is 21.4 Å². The molecule has 0 radical (unpaired) electrons. The topological polar surface area (TPSA) is 50.6 Å². The number of carbonyl (C=O) groups excluding carboxylic acids is 1. The monoisotopic (exact) mass is 342 g/mol. The fourth-order valence-electron chi connectivity index (χ4n) is 3.19. The Morgan fingerprint density at radius 3 is 2.52 bits per heavy atom. The summed E-state index contributed by atoms with van der Waals surface area (Å²) >= 11 is 0. The molecule has 1 fully saturated rings. The number of amides is 1. The first-order valence-corrected chi connectivity index (χ1v) is 8.88. The lowest BCUT2D eigenvalue weighted by molar-refractivity contribution is -0.131. The highest BCUT2D eigenvalue weighted by atomic mass is 16.5. The lowest BCUT2D eigenvalue weighted by atomic mass is 10.1. The predicted octanol–water partition coefficient (Wildman–Crippen LogP) is 2.19. The van der Waals surface area contributed by atoms with E-state index < -0.39 is 0 Å². The van der Waals surface area contributed by atoms with Gasteiger partial charge in [-0.2, -0.15) is 0 Å². The Bertz CT molecular complexity index is 688. The Kier molecular flexibility index (Phi) is 5.58. The highest BCUT2D eigenvalue weighted by molar-refractivity contribution is 5.76.